The fraction of sp³-hybridized carbons (Fsp3) is 0.0169. The van der Waals surface area contributed by atoms with Gasteiger partial charge in [0.2, 0.25) is 0 Å². The van der Waals surface area contributed by atoms with Crippen LogP contribution in [0, 0.1) is 0 Å². The number of fused-ring (bicyclic) bond motifs is 4. The van der Waals surface area contributed by atoms with Gasteiger partial charge in [0.1, 0.15) is 0 Å². The van der Waals surface area contributed by atoms with E-state index in [2.05, 4.69) is 254 Å². The van der Waals surface area contributed by atoms with Gasteiger partial charge in [0.05, 0.1) is 11.1 Å². The Morgan fingerprint density at radius 3 is 1.35 bits per heavy atom. The second-order valence-electron chi connectivity index (χ2n) is 15.6. The van der Waals surface area contributed by atoms with E-state index < -0.39 is 5.41 Å². The molecule has 0 heterocycles. The maximum Gasteiger partial charge on any atom is 0.0714 e. The van der Waals surface area contributed by atoms with Crippen molar-refractivity contribution in [3.63, 3.8) is 0 Å². The van der Waals surface area contributed by atoms with Gasteiger partial charge in [-0.2, -0.15) is 0 Å². The van der Waals surface area contributed by atoms with Crippen LogP contribution in [0.2, 0.25) is 0 Å². The smallest absolute Gasteiger partial charge is 0.0714 e. The van der Waals surface area contributed by atoms with Crippen LogP contribution in [0.3, 0.4) is 0 Å². The first kappa shape index (κ1) is 35.4. The third kappa shape index (κ3) is 5.86. The fourth-order valence-corrected chi connectivity index (χ4v) is 9.64. The lowest BCUT2D eigenvalue weighted by Gasteiger charge is -2.34. The first-order valence-electron chi connectivity index (χ1n) is 20.8. The largest absolute Gasteiger partial charge is 0.310 e. The van der Waals surface area contributed by atoms with E-state index in [1.165, 1.54) is 77.5 Å². The average Bonchev–Trinajstić information content (AvgIpc) is 3.64. The van der Waals surface area contributed by atoms with Crippen molar-refractivity contribution in [3.8, 4) is 44.5 Å². The number of rotatable bonds is 8. The molecule has 0 atom stereocenters. The van der Waals surface area contributed by atoms with Crippen molar-refractivity contribution in [2.45, 2.75) is 5.41 Å². The van der Waals surface area contributed by atoms with Crippen LogP contribution in [0.15, 0.2) is 249 Å². The molecule has 0 fully saturated rings. The van der Waals surface area contributed by atoms with Crippen molar-refractivity contribution < 1.29 is 0 Å². The zero-order valence-electron chi connectivity index (χ0n) is 33.1. The molecule has 0 spiro atoms. The summed E-state index contributed by atoms with van der Waals surface area (Å²) in [5, 5.41) is 2.50. The van der Waals surface area contributed by atoms with Crippen molar-refractivity contribution in [1.29, 1.82) is 0 Å². The van der Waals surface area contributed by atoms with Crippen LogP contribution in [0.5, 0.6) is 0 Å². The van der Waals surface area contributed by atoms with Gasteiger partial charge in [0, 0.05) is 16.9 Å². The van der Waals surface area contributed by atoms with Gasteiger partial charge in [-0.3, -0.25) is 0 Å². The van der Waals surface area contributed by atoms with Crippen LogP contribution >= 0.6 is 0 Å². The van der Waals surface area contributed by atoms with Crippen LogP contribution in [0.1, 0.15) is 22.3 Å². The van der Waals surface area contributed by atoms with E-state index >= 15 is 0 Å². The minimum absolute atomic E-state index is 0.496. The van der Waals surface area contributed by atoms with E-state index in [1.807, 2.05) is 0 Å². The molecule has 11 rings (SSSR count). The highest BCUT2D eigenvalue weighted by molar-refractivity contribution is 5.99. The summed E-state index contributed by atoms with van der Waals surface area (Å²) in [5.41, 5.74) is 17.7. The van der Waals surface area contributed by atoms with Crippen molar-refractivity contribution in [1.82, 2.24) is 0 Å². The van der Waals surface area contributed by atoms with E-state index in [9.17, 15) is 0 Å². The zero-order valence-corrected chi connectivity index (χ0v) is 33.1. The van der Waals surface area contributed by atoms with E-state index in [4.69, 9.17) is 0 Å². The Hall–Kier alpha value is -7.74. The molecular formula is C59H41N. The molecule has 0 radical (unpaired) electrons. The summed E-state index contributed by atoms with van der Waals surface area (Å²) in [4.78, 5) is 2.46. The SMILES string of the molecule is c1ccc(-c2ccc(-c3ccc(N(c4ccc(-c5cccc6ccccc56)cc4)c4cccc5c4-c4ccccc4C5(c4ccccc4)c4ccccc4)cc3)cc2)cc1. The van der Waals surface area contributed by atoms with Crippen LogP contribution in [-0.2, 0) is 5.41 Å². The molecule has 1 aliphatic carbocycles. The summed E-state index contributed by atoms with van der Waals surface area (Å²) in [5.74, 6) is 0. The van der Waals surface area contributed by atoms with Gasteiger partial charge in [-0.15, -0.1) is 0 Å². The quantitative estimate of drug-likeness (QED) is 0.149. The summed E-state index contributed by atoms with van der Waals surface area (Å²) in [6.07, 6.45) is 0. The molecule has 0 saturated carbocycles. The third-order valence-corrected chi connectivity index (χ3v) is 12.4. The maximum atomic E-state index is 2.46. The minimum atomic E-state index is -0.496. The second kappa shape index (κ2) is 14.9. The van der Waals surface area contributed by atoms with Crippen LogP contribution in [-0.4, -0.2) is 0 Å². The highest BCUT2D eigenvalue weighted by Gasteiger charge is 2.47. The van der Waals surface area contributed by atoms with Gasteiger partial charge >= 0.3 is 0 Å². The molecule has 0 aromatic heterocycles. The monoisotopic (exact) mass is 763 g/mol. The van der Waals surface area contributed by atoms with Crippen molar-refractivity contribution in [2.75, 3.05) is 4.90 Å². The number of anilines is 3. The number of hydrogen-bond acceptors (Lipinski definition) is 1. The number of nitrogens with zero attached hydrogens (tertiary/aromatic N) is 1. The van der Waals surface area contributed by atoms with Gasteiger partial charge in [0.25, 0.3) is 0 Å². The van der Waals surface area contributed by atoms with E-state index in [0.29, 0.717) is 0 Å². The molecule has 10 aromatic rings. The highest BCUT2D eigenvalue weighted by atomic mass is 15.1. The predicted octanol–water partition coefficient (Wildman–Crippen LogP) is 15.7. The summed E-state index contributed by atoms with van der Waals surface area (Å²) < 4.78 is 0. The molecule has 1 nitrogen and oxygen atoms in total. The third-order valence-electron chi connectivity index (χ3n) is 12.4. The van der Waals surface area contributed by atoms with Crippen LogP contribution < -0.4 is 4.90 Å². The topological polar surface area (TPSA) is 3.24 Å². The molecule has 0 N–H and O–H groups in total. The van der Waals surface area contributed by atoms with E-state index in [-0.39, 0.29) is 0 Å². The molecule has 0 unspecified atom stereocenters. The first-order chi connectivity index (χ1) is 29.8. The Morgan fingerprint density at radius 2 is 0.717 bits per heavy atom. The first-order valence-corrected chi connectivity index (χ1v) is 20.8. The van der Waals surface area contributed by atoms with Crippen molar-refractivity contribution >= 4 is 27.8 Å². The molecule has 1 heteroatoms. The standard InChI is InChI=1S/C59H41N/c1-4-16-42(17-5-1)43-30-32-44(33-31-43)45-34-38-50(39-35-45)60(51-40-36-47(37-41-51)53-26-14-19-46-18-10-11-24-52(46)53)57-29-15-28-56-58(57)54-25-12-13-27-55(54)59(56,48-20-6-2-7-21-48)49-22-8-3-9-23-49/h1-41H. The Balaban J connectivity index is 1.09. The minimum Gasteiger partial charge on any atom is -0.310 e. The summed E-state index contributed by atoms with van der Waals surface area (Å²) in [6.45, 7) is 0. The lowest BCUT2D eigenvalue weighted by molar-refractivity contribution is 0.768. The Bertz CT molecular complexity index is 3050. The lowest BCUT2D eigenvalue weighted by Crippen LogP contribution is -2.28. The van der Waals surface area contributed by atoms with E-state index in [0.717, 1.165) is 17.1 Å². The van der Waals surface area contributed by atoms with Crippen molar-refractivity contribution in [2.24, 2.45) is 0 Å². The maximum absolute atomic E-state index is 2.46. The van der Waals surface area contributed by atoms with Gasteiger partial charge in [-0.1, -0.05) is 218 Å². The molecule has 282 valence electrons. The normalized spacial score (nSPS) is 12.5. The molecule has 0 bridgehead atoms. The lowest BCUT2D eigenvalue weighted by atomic mass is 9.68. The van der Waals surface area contributed by atoms with Crippen LogP contribution in [0.4, 0.5) is 17.1 Å². The number of benzene rings is 10. The molecule has 1 aliphatic rings. The molecular weight excluding hydrogens is 723 g/mol. The zero-order chi connectivity index (χ0) is 39.9. The second-order valence-corrected chi connectivity index (χ2v) is 15.6. The van der Waals surface area contributed by atoms with Crippen molar-refractivity contribution in [3.05, 3.63) is 271 Å². The Labute approximate surface area is 352 Å². The summed E-state index contributed by atoms with van der Waals surface area (Å²) in [7, 11) is 0. The Kier molecular flexibility index (Phi) is 8.79. The average molecular weight is 764 g/mol. The van der Waals surface area contributed by atoms with Gasteiger partial charge < -0.3 is 4.90 Å². The van der Waals surface area contributed by atoms with Gasteiger partial charge in [-0.05, 0) is 102 Å². The highest BCUT2D eigenvalue weighted by Crippen LogP contribution is 2.59. The fourth-order valence-electron chi connectivity index (χ4n) is 9.64. The number of hydrogen-bond donors (Lipinski definition) is 0. The Morgan fingerprint density at radius 1 is 0.283 bits per heavy atom. The molecule has 0 amide bonds. The molecule has 60 heavy (non-hydrogen) atoms. The van der Waals surface area contributed by atoms with Gasteiger partial charge in [0.15, 0.2) is 0 Å². The molecule has 0 saturated heterocycles. The summed E-state index contributed by atoms with van der Waals surface area (Å²) >= 11 is 0. The van der Waals surface area contributed by atoms with Gasteiger partial charge in [-0.25, -0.2) is 0 Å². The molecule has 0 aliphatic heterocycles. The predicted molar refractivity (Wildman–Crippen MR) is 252 cm³/mol. The van der Waals surface area contributed by atoms with Crippen LogP contribution in [0.25, 0.3) is 55.3 Å². The van der Waals surface area contributed by atoms with E-state index in [1.54, 1.807) is 0 Å². The molecule has 10 aromatic carbocycles. The summed E-state index contributed by atoms with van der Waals surface area (Å²) in [6, 6.07) is 90.9.